The first-order valence-corrected chi connectivity index (χ1v) is 8.01. The number of hydrogen-bond donors (Lipinski definition) is 1. The molecule has 1 aromatic carbocycles. The molecule has 4 nitrogen and oxygen atoms in total. The Morgan fingerprint density at radius 1 is 1.33 bits per heavy atom. The lowest BCUT2D eigenvalue weighted by Crippen LogP contribution is -2.51. The van der Waals surface area contributed by atoms with Crippen molar-refractivity contribution >= 4 is 22.4 Å². The Morgan fingerprint density at radius 3 is 2.62 bits per heavy atom. The minimum absolute atomic E-state index is 0. The molecular formula is C13H19ClF2N2O2S. The van der Waals surface area contributed by atoms with Crippen LogP contribution in [0.25, 0.3) is 0 Å². The first kappa shape index (κ1) is 18.3. The van der Waals surface area contributed by atoms with Crippen molar-refractivity contribution in [3.05, 3.63) is 29.8 Å². The van der Waals surface area contributed by atoms with Crippen LogP contribution in [-0.2, 0) is 10.0 Å². The van der Waals surface area contributed by atoms with Crippen LogP contribution in [0.3, 0.4) is 0 Å². The third-order valence-corrected chi connectivity index (χ3v) is 5.55. The quantitative estimate of drug-likeness (QED) is 0.918. The summed E-state index contributed by atoms with van der Waals surface area (Å²) in [7, 11) is -4.07. The van der Waals surface area contributed by atoms with E-state index in [1.165, 1.54) is 10.4 Å². The zero-order valence-electron chi connectivity index (χ0n) is 11.6. The zero-order valence-corrected chi connectivity index (χ0v) is 13.3. The Labute approximate surface area is 129 Å². The van der Waals surface area contributed by atoms with Gasteiger partial charge in [-0.15, -0.1) is 12.4 Å². The van der Waals surface area contributed by atoms with Crippen molar-refractivity contribution in [2.24, 2.45) is 5.73 Å². The van der Waals surface area contributed by atoms with Crippen LogP contribution in [0.1, 0.15) is 26.2 Å². The maximum absolute atomic E-state index is 13.8. The molecule has 0 spiro atoms. The third kappa shape index (κ3) is 3.53. The fraction of sp³-hybridized carbons (Fsp3) is 0.538. The molecule has 21 heavy (non-hydrogen) atoms. The van der Waals surface area contributed by atoms with Crippen LogP contribution in [0.4, 0.5) is 8.78 Å². The molecule has 8 heteroatoms. The molecular weight excluding hydrogens is 322 g/mol. The number of sulfonamides is 1. The van der Waals surface area contributed by atoms with E-state index in [1.807, 2.05) is 0 Å². The van der Waals surface area contributed by atoms with Gasteiger partial charge in [0.2, 0.25) is 10.0 Å². The highest BCUT2D eigenvalue weighted by molar-refractivity contribution is 7.89. The molecule has 0 amide bonds. The Bertz CT molecular complexity index is 596. The molecule has 2 rings (SSSR count). The van der Waals surface area contributed by atoms with Gasteiger partial charge >= 0.3 is 0 Å². The molecule has 2 N–H and O–H groups in total. The Balaban J connectivity index is 0.00000220. The first-order chi connectivity index (χ1) is 9.35. The van der Waals surface area contributed by atoms with Crippen LogP contribution in [0.5, 0.6) is 0 Å². The molecule has 1 aromatic rings. The van der Waals surface area contributed by atoms with Crippen LogP contribution in [0, 0.1) is 11.6 Å². The van der Waals surface area contributed by atoms with Crippen LogP contribution >= 0.6 is 12.4 Å². The van der Waals surface area contributed by atoms with Gasteiger partial charge in [0.1, 0.15) is 4.90 Å². The maximum atomic E-state index is 13.8. The topological polar surface area (TPSA) is 63.4 Å². The predicted molar refractivity (Wildman–Crippen MR) is 78.8 cm³/mol. The predicted octanol–water partition coefficient (Wildman–Crippen LogP) is 2.28. The SMILES string of the molecule is CC(N)C1CCCCN1S(=O)(=O)c1cccc(F)c1F.Cl. The first-order valence-electron chi connectivity index (χ1n) is 6.57. The monoisotopic (exact) mass is 340 g/mol. The van der Waals surface area contributed by atoms with Gasteiger partial charge in [0.25, 0.3) is 0 Å². The number of rotatable bonds is 3. The molecule has 2 unspecified atom stereocenters. The normalized spacial score (nSPS) is 21.6. The molecule has 0 saturated carbocycles. The van der Waals surface area contributed by atoms with E-state index >= 15 is 0 Å². The zero-order chi connectivity index (χ0) is 14.9. The second-order valence-electron chi connectivity index (χ2n) is 5.09. The number of nitrogens with two attached hydrogens (primary N) is 1. The molecule has 1 heterocycles. The van der Waals surface area contributed by atoms with Crippen molar-refractivity contribution in [1.82, 2.24) is 4.31 Å². The number of benzene rings is 1. The van der Waals surface area contributed by atoms with Gasteiger partial charge in [-0.1, -0.05) is 12.5 Å². The smallest absolute Gasteiger partial charge is 0.246 e. The standard InChI is InChI=1S/C13H18F2N2O2S.ClH/c1-9(16)11-6-2-3-8-17(11)20(18,19)12-7-4-5-10(14)13(12)15;/h4-5,7,9,11H,2-3,6,8,16H2,1H3;1H. The third-order valence-electron chi connectivity index (χ3n) is 3.61. The molecule has 0 aromatic heterocycles. The van der Waals surface area contributed by atoms with E-state index in [1.54, 1.807) is 6.92 Å². The van der Waals surface area contributed by atoms with Gasteiger partial charge in [0, 0.05) is 18.6 Å². The average molecular weight is 341 g/mol. The fourth-order valence-corrected chi connectivity index (χ4v) is 4.41. The summed E-state index contributed by atoms with van der Waals surface area (Å²) >= 11 is 0. The summed E-state index contributed by atoms with van der Waals surface area (Å²) < 4.78 is 53.3. The Kier molecular flexibility index (Phi) is 6.10. The van der Waals surface area contributed by atoms with Gasteiger partial charge in [-0.2, -0.15) is 4.31 Å². The van der Waals surface area contributed by atoms with Crippen LogP contribution in [0.2, 0.25) is 0 Å². The van der Waals surface area contributed by atoms with E-state index in [-0.39, 0.29) is 31.0 Å². The van der Waals surface area contributed by atoms with E-state index in [0.29, 0.717) is 12.8 Å². The van der Waals surface area contributed by atoms with Crippen molar-refractivity contribution in [2.45, 2.75) is 43.2 Å². The molecule has 1 fully saturated rings. The number of halogens is 3. The minimum atomic E-state index is -4.07. The number of nitrogens with zero attached hydrogens (tertiary/aromatic N) is 1. The lowest BCUT2D eigenvalue weighted by molar-refractivity contribution is 0.226. The van der Waals surface area contributed by atoms with E-state index in [9.17, 15) is 17.2 Å². The lowest BCUT2D eigenvalue weighted by Gasteiger charge is -2.36. The second kappa shape index (κ2) is 7.00. The molecule has 2 atom stereocenters. The van der Waals surface area contributed by atoms with Crippen molar-refractivity contribution in [2.75, 3.05) is 6.54 Å². The van der Waals surface area contributed by atoms with E-state index < -0.39 is 26.6 Å². The van der Waals surface area contributed by atoms with Crippen LogP contribution in [0.15, 0.2) is 23.1 Å². The molecule has 0 bridgehead atoms. The average Bonchev–Trinajstić information content (AvgIpc) is 2.41. The molecule has 0 radical (unpaired) electrons. The van der Waals surface area contributed by atoms with Crippen molar-refractivity contribution in [3.63, 3.8) is 0 Å². The summed E-state index contributed by atoms with van der Waals surface area (Å²) in [5, 5.41) is 0. The summed E-state index contributed by atoms with van der Waals surface area (Å²) in [5.41, 5.74) is 5.83. The molecule has 0 aliphatic carbocycles. The molecule has 120 valence electrons. The Morgan fingerprint density at radius 2 is 2.00 bits per heavy atom. The lowest BCUT2D eigenvalue weighted by atomic mass is 10.00. The largest absolute Gasteiger partial charge is 0.326 e. The van der Waals surface area contributed by atoms with E-state index in [2.05, 4.69) is 0 Å². The van der Waals surface area contributed by atoms with Crippen LogP contribution in [-0.4, -0.2) is 31.4 Å². The summed E-state index contributed by atoms with van der Waals surface area (Å²) in [6.45, 7) is 2.00. The second-order valence-corrected chi connectivity index (χ2v) is 6.95. The van der Waals surface area contributed by atoms with Gasteiger partial charge < -0.3 is 5.73 Å². The van der Waals surface area contributed by atoms with Crippen molar-refractivity contribution in [1.29, 1.82) is 0 Å². The molecule has 1 saturated heterocycles. The molecule has 1 aliphatic rings. The highest BCUT2D eigenvalue weighted by Gasteiger charge is 2.37. The highest BCUT2D eigenvalue weighted by atomic mass is 35.5. The summed E-state index contributed by atoms with van der Waals surface area (Å²) in [6.07, 6.45) is 2.21. The number of hydrogen-bond acceptors (Lipinski definition) is 3. The van der Waals surface area contributed by atoms with Gasteiger partial charge in [-0.3, -0.25) is 0 Å². The highest BCUT2D eigenvalue weighted by Crippen LogP contribution is 2.28. The summed E-state index contributed by atoms with van der Waals surface area (Å²) in [5.74, 6) is -2.50. The van der Waals surface area contributed by atoms with Crippen LogP contribution < -0.4 is 5.73 Å². The Hall–Kier alpha value is -0.760. The summed E-state index contributed by atoms with van der Waals surface area (Å²) in [6, 6.07) is 2.43. The maximum Gasteiger partial charge on any atom is 0.246 e. The fourth-order valence-electron chi connectivity index (χ4n) is 2.56. The van der Waals surface area contributed by atoms with Gasteiger partial charge in [-0.05, 0) is 31.9 Å². The number of piperidine rings is 1. The summed E-state index contributed by atoms with van der Waals surface area (Å²) in [4.78, 5) is -0.620. The molecule has 1 aliphatic heterocycles. The van der Waals surface area contributed by atoms with Gasteiger partial charge in [0.15, 0.2) is 11.6 Å². The van der Waals surface area contributed by atoms with Crippen molar-refractivity contribution < 1.29 is 17.2 Å². The van der Waals surface area contributed by atoms with E-state index in [4.69, 9.17) is 5.73 Å². The van der Waals surface area contributed by atoms with E-state index in [0.717, 1.165) is 18.6 Å². The van der Waals surface area contributed by atoms with Gasteiger partial charge in [0.05, 0.1) is 0 Å². The van der Waals surface area contributed by atoms with Crippen molar-refractivity contribution in [3.8, 4) is 0 Å². The van der Waals surface area contributed by atoms with Gasteiger partial charge in [-0.25, -0.2) is 17.2 Å². The minimum Gasteiger partial charge on any atom is -0.326 e.